The maximum Gasteiger partial charge on any atom is 0.0448 e. The lowest BCUT2D eigenvalue weighted by atomic mass is 9.98. The minimum Gasteiger partial charge on any atom is -0.300 e. The first kappa shape index (κ1) is 9.97. The van der Waals surface area contributed by atoms with Gasteiger partial charge in [-0.1, -0.05) is 44.2 Å². The maximum atomic E-state index is 3.92. The third-order valence-corrected chi connectivity index (χ3v) is 2.24. The van der Waals surface area contributed by atoms with E-state index in [2.05, 4.69) is 55.9 Å². The molecule has 1 aliphatic rings. The van der Waals surface area contributed by atoms with Gasteiger partial charge in [0, 0.05) is 12.5 Å². The summed E-state index contributed by atoms with van der Waals surface area (Å²) in [6.07, 6.45) is 10.8. The molecule has 0 heterocycles. The SMILES string of the molecule is C=NCC(C)C1=CC(C)C=CC=C1. The van der Waals surface area contributed by atoms with Crippen molar-refractivity contribution >= 4 is 6.72 Å². The summed E-state index contributed by atoms with van der Waals surface area (Å²) in [5.74, 6) is 1.01. The van der Waals surface area contributed by atoms with Gasteiger partial charge in [0.15, 0.2) is 0 Å². The predicted octanol–water partition coefficient (Wildman–Crippen LogP) is 3.01. The standard InChI is InChI=1S/C12H17N/c1-10-6-4-5-7-12(8-10)11(2)9-13-3/h4-8,10-11H,3,9H2,1-2H3. The van der Waals surface area contributed by atoms with Crippen molar-refractivity contribution in [3.63, 3.8) is 0 Å². The second-order valence-corrected chi connectivity index (χ2v) is 3.58. The van der Waals surface area contributed by atoms with Crippen LogP contribution in [0.25, 0.3) is 0 Å². The highest BCUT2D eigenvalue weighted by atomic mass is 14.7. The molecular weight excluding hydrogens is 158 g/mol. The highest BCUT2D eigenvalue weighted by Gasteiger charge is 2.06. The van der Waals surface area contributed by atoms with Crippen LogP contribution in [0.3, 0.4) is 0 Å². The van der Waals surface area contributed by atoms with E-state index in [9.17, 15) is 0 Å². The summed E-state index contributed by atoms with van der Waals surface area (Å²) in [5, 5.41) is 0. The Hall–Kier alpha value is -1.11. The van der Waals surface area contributed by atoms with Gasteiger partial charge in [0.2, 0.25) is 0 Å². The van der Waals surface area contributed by atoms with Gasteiger partial charge in [0.1, 0.15) is 0 Å². The normalized spacial score (nSPS) is 23.5. The molecule has 1 heteroatoms. The Morgan fingerprint density at radius 3 is 3.00 bits per heavy atom. The van der Waals surface area contributed by atoms with E-state index in [-0.39, 0.29) is 0 Å². The first-order valence-corrected chi connectivity index (χ1v) is 4.73. The highest BCUT2D eigenvalue weighted by Crippen LogP contribution is 2.18. The number of aliphatic imine (C=N–C) groups is 1. The van der Waals surface area contributed by atoms with Crippen LogP contribution >= 0.6 is 0 Å². The lowest BCUT2D eigenvalue weighted by molar-refractivity contribution is 0.705. The largest absolute Gasteiger partial charge is 0.300 e. The minimum atomic E-state index is 0.483. The quantitative estimate of drug-likeness (QED) is 0.585. The van der Waals surface area contributed by atoms with Crippen LogP contribution in [-0.2, 0) is 0 Å². The predicted molar refractivity (Wildman–Crippen MR) is 59.1 cm³/mol. The molecule has 0 amide bonds. The zero-order valence-corrected chi connectivity index (χ0v) is 8.40. The number of allylic oxidation sites excluding steroid dienone is 5. The van der Waals surface area contributed by atoms with Crippen molar-refractivity contribution in [3.05, 3.63) is 36.0 Å². The fourth-order valence-corrected chi connectivity index (χ4v) is 1.45. The van der Waals surface area contributed by atoms with Gasteiger partial charge in [0.05, 0.1) is 0 Å². The van der Waals surface area contributed by atoms with Crippen molar-refractivity contribution in [2.24, 2.45) is 16.8 Å². The average Bonchev–Trinajstić information content (AvgIpc) is 2.30. The molecule has 0 spiro atoms. The Balaban J connectivity index is 2.72. The van der Waals surface area contributed by atoms with Crippen LogP contribution in [-0.4, -0.2) is 13.3 Å². The number of hydrogen-bond donors (Lipinski definition) is 0. The van der Waals surface area contributed by atoms with E-state index in [4.69, 9.17) is 0 Å². The van der Waals surface area contributed by atoms with Gasteiger partial charge in [-0.25, -0.2) is 0 Å². The van der Waals surface area contributed by atoms with Crippen molar-refractivity contribution in [3.8, 4) is 0 Å². The Labute approximate surface area is 80.6 Å². The zero-order chi connectivity index (χ0) is 9.68. The van der Waals surface area contributed by atoms with E-state index in [0.717, 1.165) is 6.54 Å². The number of nitrogens with zero attached hydrogens (tertiary/aromatic N) is 1. The van der Waals surface area contributed by atoms with Gasteiger partial charge >= 0.3 is 0 Å². The molecule has 1 rings (SSSR count). The second kappa shape index (κ2) is 4.80. The molecule has 0 aromatic carbocycles. The van der Waals surface area contributed by atoms with Crippen LogP contribution in [0.5, 0.6) is 0 Å². The molecule has 0 N–H and O–H groups in total. The van der Waals surface area contributed by atoms with E-state index in [0.29, 0.717) is 11.8 Å². The zero-order valence-electron chi connectivity index (χ0n) is 8.40. The van der Waals surface area contributed by atoms with Crippen LogP contribution < -0.4 is 0 Å². The molecule has 0 radical (unpaired) electrons. The Bertz CT molecular complexity index is 258. The molecule has 0 aromatic heterocycles. The maximum absolute atomic E-state index is 3.92. The molecule has 0 fully saturated rings. The van der Waals surface area contributed by atoms with Crippen molar-refractivity contribution in [1.29, 1.82) is 0 Å². The van der Waals surface area contributed by atoms with E-state index in [1.807, 2.05) is 0 Å². The smallest absolute Gasteiger partial charge is 0.0448 e. The molecule has 1 aliphatic carbocycles. The van der Waals surface area contributed by atoms with Crippen LogP contribution in [0, 0.1) is 11.8 Å². The third kappa shape index (κ3) is 3.02. The third-order valence-electron chi connectivity index (χ3n) is 2.24. The number of hydrogen-bond acceptors (Lipinski definition) is 1. The van der Waals surface area contributed by atoms with E-state index >= 15 is 0 Å². The van der Waals surface area contributed by atoms with Crippen molar-refractivity contribution < 1.29 is 0 Å². The van der Waals surface area contributed by atoms with E-state index in [1.165, 1.54) is 5.57 Å². The van der Waals surface area contributed by atoms with E-state index < -0.39 is 0 Å². The van der Waals surface area contributed by atoms with Gasteiger partial charge in [-0.05, 0) is 18.2 Å². The topological polar surface area (TPSA) is 12.4 Å². The van der Waals surface area contributed by atoms with E-state index in [1.54, 1.807) is 0 Å². The van der Waals surface area contributed by atoms with Gasteiger partial charge in [-0.3, -0.25) is 0 Å². The molecule has 0 bridgehead atoms. The van der Waals surface area contributed by atoms with Crippen LogP contribution in [0.15, 0.2) is 40.9 Å². The first-order chi connectivity index (χ1) is 6.24. The highest BCUT2D eigenvalue weighted by molar-refractivity contribution is 5.30. The van der Waals surface area contributed by atoms with Crippen molar-refractivity contribution in [2.45, 2.75) is 13.8 Å². The van der Waals surface area contributed by atoms with Crippen LogP contribution in [0.2, 0.25) is 0 Å². The van der Waals surface area contributed by atoms with Gasteiger partial charge in [-0.2, -0.15) is 0 Å². The molecule has 0 saturated carbocycles. The Morgan fingerprint density at radius 1 is 1.54 bits per heavy atom. The van der Waals surface area contributed by atoms with Crippen molar-refractivity contribution in [1.82, 2.24) is 0 Å². The number of rotatable bonds is 3. The fourth-order valence-electron chi connectivity index (χ4n) is 1.45. The summed E-state index contributed by atoms with van der Waals surface area (Å²) >= 11 is 0. The summed E-state index contributed by atoms with van der Waals surface area (Å²) in [5.41, 5.74) is 1.37. The van der Waals surface area contributed by atoms with Gasteiger partial charge in [0.25, 0.3) is 0 Å². The summed E-state index contributed by atoms with van der Waals surface area (Å²) in [6, 6.07) is 0. The summed E-state index contributed by atoms with van der Waals surface area (Å²) in [7, 11) is 0. The molecule has 2 unspecified atom stereocenters. The first-order valence-electron chi connectivity index (χ1n) is 4.73. The minimum absolute atomic E-state index is 0.483. The summed E-state index contributed by atoms with van der Waals surface area (Å²) < 4.78 is 0. The van der Waals surface area contributed by atoms with Gasteiger partial charge in [-0.15, -0.1) is 0 Å². The molecule has 0 aromatic rings. The Morgan fingerprint density at radius 2 is 2.31 bits per heavy atom. The van der Waals surface area contributed by atoms with Crippen molar-refractivity contribution in [2.75, 3.05) is 6.54 Å². The molecule has 0 aliphatic heterocycles. The molecule has 70 valence electrons. The van der Waals surface area contributed by atoms with Crippen LogP contribution in [0.1, 0.15) is 13.8 Å². The Kier molecular flexibility index (Phi) is 3.69. The molecule has 1 nitrogen and oxygen atoms in total. The fraction of sp³-hybridized carbons (Fsp3) is 0.417. The molecule has 0 saturated heterocycles. The monoisotopic (exact) mass is 175 g/mol. The molecule has 2 atom stereocenters. The lowest BCUT2D eigenvalue weighted by Gasteiger charge is -2.10. The lowest BCUT2D eigenvalue weighted by Crippen LogP contribution is -2.02. The van der Waals surface area contributed by atoms with Crippen LogP contribution in [0.4, 0.5) is 0 Å². The molecule has 13 heavy (non-hydrogen) atoms. The second-order valence-electron chi connectivity index (χ2n) is 3.58. The summed E-state index contributed by atoms with van der Waals surface area (Å²) in [6.45, 7) is 8.70. The average molecular weight is 175 g/mol. The summed E-state index contributed by atoms with van der Waals surface area (Å²) in [4.78, 5) is 3.92. The van der Waals surface area contributed by atoms with Gasteiger partial charge < -0.3 is 4.99 Å². The molecular formula is C12H17N.